The van der Waals surface area contributed by atoms with Crippen molar-refractivity contribution in [1.29, 1.82) is 0 Å². The molecule has 1 N–H and O–H groups in total. The van der Waals surface area contributed by atoms with Gasteiger partial charge in [0, 0.05) is 5.56 Å². The van der Waals surface area contributed by atoms with Crippen LogP contribution in [-0.4, -0.2) is 48.1 Å². The number of amides is 1. The number of methoxy groups -OCH3 is 1. The van der Waals surface area contributed by atoms with Gasteiger partial charge in [-0.3, -0.25) is 14.5 Å². The molecule has 38 heavy (non-hydrogen) atoms. The van der Waals surface area contributed by atoms with Gasteiger partial charge in [-0.05, 0) is 43.7 Å². The summed E-state index contributed by atoms with van der Waals surface area (Å²) in [5.74, 6) is -1.65. The zero-order valence-corrected chi connectivity index (χ0v) is 21.9. The van der Waals surface area contributed by atoms with Gasteiger partial charge in [0.25, 0.3) is 5.78 Å². The molecule has 1 amide bonds. The molecular weight excluding hydrogens is 508 g/mol. The van der Waals surface area contributed by atoms with Crippen molar-refractivity contribution >= 4 is 39.9 Å². The topological polar surface area (TPSA) is 115 Å². The average molecular weight is 535 g/mol. The highest BCUT2D eigenvalue weighted by Gasteiger charge is 2.48. The van der Waals surface area contributed by atoms with Crippen LogP contribution in [0.3, 0.4) is 0 Å². The Hall–Kier alpha value is -4.44. The Kier molecular flexibility index (Phi) is 7.92. The molecule has 1 aliphatic rings. The number of thiazole rings is 1. The number of carbonyl (C=O) groups is 3. The number of aliphatic hydroxyl groups is 1. The summed E-state index contributed by atoms with van der Waals surface area (Å²) in [5, 5.41) is 11.5. The summed E-state index contributed by atoms with van der Waals surface area (Å²) in [5.41, 5.74) is 1.09. The Morgan fingerprint density at radius 3 is 2.58 bits per heavy atom. The fraction of sp³-hybridized carbons (Fsp3) is 0.214. The number of aromatic nitrogens is 1. The van der Waals surface area contributed by atoms with Gasteiger partial charge in [-0.2, -0.15) is 0 Å². The smallest absolute Gasteiger partial charge is 0.350 e. The van der Waals surface area contributed by atoms with E-state index in [2.05, 4.69) is 11.6 Å². The van der Waals surface area contributed by atoms with E-state index in [1.807, 2.05) is 6.92 Å². The predicted molar refractivity (Wildman–Crippen MR) is 143 cm³/mol. The van der Waals surface area contributed by atoms with Crippen LogP contribution < -0.4 is 14.4 Å². The van der Waals surface area contributed by atoms with E-state index >= 15 is 0 Å². The lowest BCUT2D eigenvalue weighted by atomic mass is 9.95. The Bertz CT molecular complexity index is 1430. The molecule has 0 radical (unpaired) electrons. The monoisotopic (exact) mass is 534 g/mol. The molecule has 0 bridgehead atoms. The van der Waals surface area contributed by atoms with Gasteiger partial charge in [0.2, 0.25) is 0 Å². The molecule has 9 nitrogen and oxygen atoms in total. The first-order valence-corrected chi connectivity index (χ1v) is 12.6. The Morgan fingerprint density at radius 1 is 1.18 bits per heavy atom. The Balaban J connectivity index is 1.87. The van der Waals surface area contributed by atoms with Gasteiger partial charge in [0.15, 0.2) is 5.13 Å². The fourth-order valence-electron chi connectivity index (χ4n) is 4.06. The van der Waals surface area contributed by atoms with Gasteiger partial charge in [0.1, 0.15) is 28.7 Å². The molecule has 10 heteroatoms. The highest BCUT2D eigenvalue weighted by atomic mass is 32.1. The van der Waals surface area contributed by atoms with E-state index in [-0.39, 0.29) is 27.9 Å². The summed E-state index contributed by atoms with van der Waals surface area (Å²) in [7, 11) is 1.53. The highest BCUT2D eigenvalue weighted by molar-refractivity contribution is 7.17. The van der Waals surface area contributed by atoms with Crippen molar-refractivity contribution in [3.05, 3.63) is 88.5 Å². The minimum absolute atomic E-state index is 0.0165. The number of anilines is 1. The Labute approximate surface area is 223 Å². The molecule has 3 aromatic rings. The molecule has 4 rings (SSSR count). The molecule has 2 aromatic carbocycles. The van der Waals surface area contributed by atoms with Crippen LogP contribution in [0, 0.1) is 6.92 Å². The van der Waals surface area contributed by atoms with Gasteiger partial charge in [-0.25, -0.2) is 9.78 Å². The first-order valence-electron chi connectivity index (χ1n) is 11.7. The number of nitrogens with zero attached hydrogens (tertiary/aromatic N) is 2. The first kappa shape index (κ1) is 26.6. The number of ether oxygens (including phenoxy) is 3. The average Bonchev–Trinajstić information content (AvgIpc) is 3.43. The second-order valence-electron chi connectivity index (χ2n) is 8.20. The van der Waals surface area contributed by atoms with Gasteiger partial charge in [0.05, 0.1) is 31.0 Å². The number of hydrogen-bond donors (Lipinski definition) is 1. The molecule has 1 fully saturated rings. The molecular formula is C28H26N2O7S. The van der Waals surface area contributed by atoms with E-state index in [0.717, 1.165) is 11.3 Å². The lowest BCUT2D eigenvalue weighted by Crippen LogP contribution is -2.29. The number of hydrogen-bond acceptors (Lipinski definition) is 9. The number of rotatable bonds is 9. The summed E-state index contributed by atoms with van der Waals surface area (Å²) in [6, 6.07) is 12.4. The van der Waals surface area contributed by atoms with E-state index in [1.165, 1.54) is 18.1 Å². The molecule has 1 aliphatic heterocycles. The molecule has 0 aliphatic carbocycles. The van der Waals surface area contributed by atoms with Crippen molar-refractivity contribution < 1.29 is 33.7 Å². The predicted octanol–water partition coefficient (Wildman–Crippen LogP) is 4.83. The van der Waals surface area contributed by atoms with E-state index in [4.69, 9.17) is 14.2 Å². The second kappa shape index (κ2) is 11.3. The van der Waals surface area contributed by atoms with Crippen LogP contribution in [0.2, 0.25) is 0 Å². The second-order valence-corrected chi connectivity index (χ2v) is 9.18. The van der Waals surface area contributed by atoms with Crippen molar-refractivity contribution in [2.45, 2.75) is 19.9 Å². The van der Waals surface area contributed by atoms with Crippen LogP contribution in [0.1, 0.15) is 39.5 Å². The van der Waals surface area contributed by atoms with Crippen molar-refractivity contribution in [1.82, 2.24) is 4.98 Å². The number of carbonyl (C=O) groups excluding carboxylic acids is 3. The maximum atomic E-state index is 13.4. The van der Waals surface area contributed by atoms with Crippen LogP contribution in [0.25, 0.3) is 5.76 Å². The van der Waals surface area contributed by atoms with E-state index in [0.29, 0.717) is 34.9 Å². The molecule has 196 valence electrons. The maximum Gasteiger partial charge on any atom is 0.350 e. The van der Waals surface area contributed by atoms with Crippen LogP contribution in [-0.2, 0) is 14.3 Å². The molecule has 2 heterocycles. The van der Waals surface area contributed by atoms with Crippen molar-refractivity contribution in [2.24, 2.45) is 0 Å². The zero-order valence-electron chi connectivity index (χ0n) is 21.1. The van der Waals surface area contributed by atoms with Crippen LogP contribution >= 0.6 is 11.3 Å². The SMILES string of the molecule is C=CCOC(=O)c1sc(N2C(=O)C(=O)C(=C(O)c3cccc(OCC)c3)C2c2ccc(OC)cc2)nc1C. The summed E-state index contributed by atoms with van der Waals surface area (Å²) >= 11 is 0.930. The number of ketones is 1. The molecule has 1 unspecified atom stereocenters. The standard InChI is InChI=1S/C28H26N2O7S/c1-5-14-37-27(34)25-16(3)29-28(38-25)30-22(17-10-12-19(35-4)13-11-17)21(24(32)26(30)33)23(31)18-8-7-9-20(15-18)36-6-2/h5,7-13,15,22,31H,1,6,14H2,2-4H3. The van der Waals surface area contributed by atoms with Gasteiger partial charge in [-0.1, -0.05) is 48.3 Å². The van der Waals surface area contributed by atoms with E-state index in [1.54, 1.807) is 55.5 Å². The van der Waals surface area contributed by atoms with Crippen molar-refractivity contribution in [2.75, 3.05) is 25.2 Å². The molecule has 0 saturated carbocycles. The minimum Gasteiger partial charge on any atom is -0.507 e. The first-order chi connectivity index (χ1) is 18.3. The number of aryl methyl sites for hydroxylation is 1. The minimum atomic E-state index is -1.01. The molecule has 1 aromatic heterocycles. The van der Waals surface area contributed by atoms with E-state index < -0.39 is 23.7 Å². The third kappa shape index (κ3) is 5.03. The third-order valence-corrected chi connectivity index (χ3v) is 6.94. The zero-order chi connectivity index (χ0) is 27.4. The quantitative estimate of drug-likeness (QED) is 0.137. The van der Waals surface area contributed by atoms with Crippen LogP contribution in [0.5, 0.6) is 11.5 Å². The fourth-order valence-corrected chi connectivity index (χ4v) is 5.05. The highest BCUT2D eigenvalue weighted by Crippen LogP contribution is 2.44. The molecule has 1 atom stereocenters. The largest absolute Gasteiger partial charge is 0.507 e. The molecule has 0 spiro atoms. The maximum absolute atomic E-state index is 13.4. The summed E-state index contributed by atoms with van der Waals surface area (Å²) in [6.45, 7) is 7.41. The molecule has 1 saturated heterocycles. The van der Waals surface area contributed by atoms with Crippen LogP contribution in [0.4, 0.5) is 5.13 Å². The summed E-state index contributed by atoms with van der Waals surface area (Å²) < 4.78 is 15.9. The number of aliphatic hydroxyl groups excluding tert-OH is 1. The lowest BCUT2D eigenvalue weighted by Gasteiger charge is -2.23. The van der Waals surface area contributed by atoms with Gasteiger partial charge < -0.3 is 19.3 Å². The van der Waals surface area contributed by atoms with E-state index in [9.17, 15) is 19.5 Å². The van der Waals surface area contributed by atoms with Crippen molar-refractivity contribution in [3.8, 4) is 11.5 Å². The van der Waals surface area contributed by atoms with Gasteiger partial charge in [-0.15, -0.1) is 0 Å². The number of esters is 1. The summed E-state index contributed by atoms with van der Waals surface area (Å²) in [4.78, 5) is 45.1. The van der Waals surface area contributed by atoms with Crippen molar-refractivity contribution in [3.63, 3.8) is 0 Å². The third-order valence-electron chi connectivity index (χ3n) is 5.80. The normalized spacial score (nSPS) is 16.4. The summed E-state index contributed by atoms with van der Waals surface area (Å²) in [6.07, 6.45) is 1.44. The Morgan fingerprint density at radius 2 is 1.92 bits per heavy atom. The lowest BCUT2D eigenvalue weighted by molar-refractivity contribution is -0.132. The van der Waals surface area contributed by atoms with Gasteiger partial charge >= 0.3 is 11.9 Å². The number of benzene rings is 2. The van der Waals surface area contributed by atoms with Crippen LogP contribution in [0.15, 0.2) is 66.8 Å². The number of Topliss-reactive ketones (excluding diaryl/α,β-unsaturated/α-hetero) is 1.